The van der Waals surface area contributed by atoms with Crippen LogP contribution in [0.3, 0.4) is 0 Å². The fourth-order valence-corrected chi connectivity index (χ4v) is 2.66. The number of non-ortho nitro benzene ring substituents is 1. The molecule has 0 radical (unpaired) electrons. The molecule has 0 saturated heterocycles. The van der Waals surface area contributed by atoms with Crippen LogP contribution in [0.1, 0.15) is 36.0 Å². The van der Waals surface area contributed by atoms with E-state index in [4.69, 9.17) is 11.6 Å². The number of carbonyl (C=O) groups excluding carboxylic acids is 1. The number of benzene rings is 1. The maximum absolute atomic E-state index is 12.2. The largest absolute Gasteiger partial charge is 0.480 e. The second-order valence-corrected chi connectivity index (χ2v) is 5.38. The molecule has 112 valence electrons. The Hall–Kier alpha value is -2.15. The highest BCUT2D eigenvalue weighted by Gasteiger charge is 2.43. The van der Waals surface area contributed by atoms with Gasteiger partial charge in [0.25, 0.3) is 11.6 Å². The molecule has 0 aromatic heterocycles. The minimum absolute atomic E-state index is 0.0386. The van der Waals surface area contributed by atoms with Crippen molar-refractivity contribution in [1.82, 2.24) is 5.32 Å². The number of carboxylic acid groups (broad SMARTS) is 1. The first-order valence-corrected chi connectivity index (χ1v) is 6.73. The van der Waals surface area contributed by atoms with Crippen LogP contribution in [0, 0.1) is 10.1 Å². The molecule has 8 heteroatoms. The van der Waals surface area contributed by atoms with Gasteiger partial charge < -0.3 is 10.4 Å². The van der Waals surface area contributed by atoms with E-state index < -0.39 is 22.3 Å². The summed E-state index contributed by atoms with van der Waals surface area (Å²) in [5.41, 5.74) is -1.69. The maximum Gasteiger partial charge on any atom is 0.329 e. The summed E-state index contributed by atoms with van der Waals surface area (Å²) >= 11 is 5.88. The van der Waals surface area contributed by atoms with Gasteiger partial charge in [0.05, 0.1) is 15.5 Å². The normalized spacial score (nSPS) is 16.4. The fraction of sp³-hybridized carbons (Fsp3) is 0.385. The standard InChI is InChI=1S/C13H13ClN2O5/c14-10-4-3-8(16(20)21)7-9(10)11(17)15-13(12(18)19)5-1-2-6-13/h3-4,7H,1-2,5-6H2,(H,15,17)(H,18,19). The minimum Gasteiger partial charge on any atom is -0.480 e. The van der Waals surface area contributed by atoms with E-state index in [9.17, 15) is 24.8 Å². The Balaban J connectivity index is 2.30. The van der Waals surface area contributed by atoms with Gasteiger partial charge in [0, 0.05) is 12.1 Å². The lowest BCUT2D eigenvalue weighted by molar-refractivity contribution is -0.384. The zero-order chi connectivity index (χ0) is 15.6. The number of nitro benzene ring substituents is 1. The summed E-state index contributed by atoms with van der Waals surface area (Å²) in [5.74, 6) is -1.82. The molecule has 21 heavy (non-hydrogen) atoms. The van der Waals surface area contributed by atoms with Crippen LogP contribution in [-0.4, -0.2) is 27.4 Å². The number of aliphatic carboxylic acids is 1. The molecule has 2 rings (SSSR count). The Bertz CT molecular complexity index is 611. The summed E-state index contributed by atoms with van der Waals surface area (Å²) in [7, 11) is 0. The average molecular weight is 313 g/mol. The molecule has 0 bridgehead atoms. The zero-order valence-corrected chi connectivity index (χ0v) is 11.7. The third-order valence-electron chi connectivity index (χ3n) is 3.62. The fourth-order valence-electron chi connectivity index (χ4n) is 2.46. The van der Waals surface area contributed by atoms with Gasteiger partial charge in [-0.2, -0.15) is 0 Å². The molecule has 1 fully saturated rings. The Labute approximate surface area is 125 Å². The SMILES string of the molecule is O=C(NC1(C(=O)O)CCCC1)c1cc([N+](=O)[O-])ccc1Cl. The number of carbonyl (C=O) groups is 2. The van der Waals surface area contributed by atoms with Gasteiger partial charge >= 0.3 is 5.97 Å². The molecule has 1 saturated carbocycles. The topological polar surface area (TPSA) is 110 Å². The number of nitrogens with one attached hydrogen (secondary N) is 1. The molecular weight excluding hydrogens is 300 g/mol. The summed E-state index contributed by atoms with van der Waals surface area (Å²) in [4.78, 5) is 33.7. The summed E-state index contributed by atoms with van der Waals surface area (Å²) in [6.45, 7) is 0. The molecule has 1 aliphatic rings. The van der Waals surface area contributed by atoms with Crippen LogP contribution in [0.5, 0.6) is 0 Å². The Morgan fingerprint density at radius 1 is 1.33 bits per heavy atom. The third-order valence-corrected chi connectivity index (χ3v) is 3.95. The highest BCUT2D eigenvalue weighted by Crippen LogP contribution is 2.31. The lowest BCUT2D eigenvalue weighted by Gasteiger charge is -2.25. The molecule has 0 unspecified atom stereocenters. The first-order valence-electron chi connectivity index (χ1n) is 6.35. The third kappa shape index (κ3) is 2.97. The number of amides is 1. The number of hydrogen-bond donors (Lipinski definition) is 2. The van der Waals surface area contributed by atoms with Gasteiger partial charge in [0.1, 0.15) is 5.54 Å². The van der Waals surface area contributed by atoms with Gasteiger partial charge in [-0.1, -0.05) is 24.4 Å². The molecule has 1 aromatic rings. The second kappa shape index (κ2) is 5.69. The van der Waals surface area contributed by atoms with Crippen molar-refractivity contribution in [2.24, 2.45) is 0 Å². The van der Waals surface area contributed by atoms with Crippen LogP contribution in [0.4, 0.5) is 5.69 Å². The van der Waals surface area contributed by atoms with Crippen molar-refractivity contribution in [2.75, 3.05) is 0 Å². The number of nitrogens with zero attached hydrogens (tertiary/aromatic N) is 1. The van der Waals surface area contributed by atoms with Crippen molar-refractivity contribution in [3.05, 3.63) is 38.9 Å². The van der Waals surface area contributed by atoms with E-state index in [1.54, 1.807) is 0 Å². The predicted octanol–water partition coefficient (Wildman–Crippen LogP) is 2.38. The van der Waals surface area contributed by atoms with Crippen molar-refractivity contribution in [1.29, 1.82) is 0 Å². The summed E-state index contributed by atoms with van der Waals surface area (Å²) in [6, 6.07) is 3.47. The Morgan fingerprint density at radius 2 is 1.95 bits per heavy atom. The lowest BCUT2D eigenvalue weighted by atomic mass is 9.97. The van der Waals surface area contributed by atoms with E-state index in [2.05, 4.69) is 5.32 Å². The zero-order valence-electron chi connectivity index (χ0n) is 11.0. The first-order chi connectivity index (χ1) is 9.85. The number of rotatable bonds is 4. The van der Waals surface area contributed by atoms with E-state index in [1.807, 2.05) is 0 Å². The van der Waals surface area contributed by atoms with E-state index in [1.165, 1.54) is 12.1 Å². The molecule has 0 atom stereocenters. The van der Waals surface area contributed by atoms with E-state index in [0.717, 1.165) is 6.07 Å². The van der Waals surface area contributed by atoms with Crippen molar-refractivity contribution < 1.29 is 19.6 Å². The smallest absolute Gasteiger partial charge is 0.329 e. The van der Waals surface area contributed by atoms with Gasteiger partial charge in [0.2, 0.25) is 0 Å². The number of halogens is 1. The van der Waals surface area contributed by atoms with Gasteiger partial charge in [-0.25, -0.2) is 4.79 Å². The molecule has 0 spiro atoms. The molecular formula is C13H13ClN2O5. The van der Waals surface area contributed by atoms with Crippen LogP contribution in [0.25, 0.3) is 0 Å². The molecule has 2 N–H and O–H groups in total. The highest BCUT2D eigenvalue weighted by molar-refractivity contribution is 6.34. The average Bonchev–Trinajstić information content (AvgIpc) is 2.88. The van der Waals surface area contributed by atoms with Crippen molar-refractivity contribution >= 4 is 29.2 Å². The van der Waals surface area contributed by atoms with Crippen molar-refractivity contribution in [3.8, 4) is 0 Å². The first kappa shape index (κ1) is 15.2. The monoisotopic (exact) mass is 312 g/mol. The number of carboxylic acids is 1. The van der Waals surface area contributed by atoms with Crippen molar-refractivity contribution in [3.63, 3.8) is 0 Å². The Kier molecular flexibility index (Phi) is 4.13. The molecule has 1 aromatic carbocycles. The van der Waals surface area contributed by atoms with E-state index in [0.29, 0.717) is 25.7 Å². The predicted molar refractivity (Wildman–Crippen MR) is 74.4 cm³/mol. The molecule has 7 nitrogen and oxygen atoms in total. The van der Waals surface area contributed by atoms with Crippen LogP contribution >= 0.6 is 11.6 Å². The Morgan fingerprint density at radius 3 is 2.48 bits per heavy atom. The van der Waals surface area contributed by atoms with Crippen LogP contribution in [0.2, 0.25) is 5.02 Å². The van der Waals surface area contributed by atoms with Crippen LogP contribution in [0.15, 0.2) is 18.2 Å². The van der Waals surface area contributed by atoms with Gasteiger partial charge in [-0.15, -0.1) is 0 Å². The number of nitro groups is 1. The maximum atomic E-state index is 12.2. The van der Waals surface area contributed by atoms with Gasteiger partial charge in [-0.3, -0.25) is 14.9 Å². The van der Waals surface area contributed by atoms with Crippen LogP contribution < -0.4 is 5.32 Å². The lowest BCUT2D eigenvalue weighted by Crippen LogP contribution is -2.52. The van der Waals surface area contributed by atoms with E-state index in [-0.39, 0.29) is 16.3 Å². The molecule has 0 heterocycles. The quantitative estimate of drug-likeness (QED) is 0.655. The molecule has 1 amide bonds. The minimum atomic E-state index is -1.31. The summed E-state index contributed by atoms with van der Waals surface area (Å²) in [5, 5.41) is 22.6. The van der Waals surface area contributed by atoms with Crippen molar-refractivity contribution in [2.45, 2.75) is 31.2 Å². The van der Waals surface area contributed by atoms with E-state index >= 15 is 0 Å². The van der Waals surface area contributed by atoms with Gasteiger partial charge in [-0.05, 0) is 18.9 Å². The van der Waals surface area contributed by atoms with Crippen LogP contribution in [-0.2, 0) is 4.79 Å². The molecule has 1 aliphatic carbocycles. The summed E-state index contributed by atoms with van der Waals surface area (Å²) < 4.78 is 0. The van der Waals surface area contributed by atoms with Gasteiger partial charge in [0.15, 0.2) is 0 Å². The molecule has 0 aliphatic heterocycles. The second-order valence-electron chi connectivity index (χ2n) is 4.97. The summed E-state index contributed by atoms with van der Waals surface area (Å²) in [6.07, 6.45) is 2.08. The number of hydrogen-bond acceptors (Lipinski definition) is 4. The highest BCUT2D eigenvalue weighted by atomic mass is 35.5.